The maximum Gasteiger partial charge on any atom is 0.237 e. The zero-order valence-corrected chi connectivity index (χ0v) is 7.57. The van der Waals surface area contributed by atoms with E-state index < -0.39 is 0 Å². The molecule has 1 aromatic heterocycles. The minimum absolute atomic E-state index is 0.331. The third kappa shape index (κ3) is 1.91. The van der Waals surface area contributed by atoms with Crippen molar-refractivity contribution in [1.29, 1.82) is 0 Å². The molecule has 0 bridgehead atoms. The lowest BCUT2D eigenvalue weighted by Crippen LogP contribution is -2.12. The third-order valence-electron chi connectivity index (χ3n) is 2.38. The van der Waals surface area contributed by atoms with Crippen LogP contribution in [0.3, 0.4) is 0 Å². The van der Waals surface area contributed by atoms with E-state index in [-0.39, 0.29) is 0 Å². The molecule has 0 unspecified atom stereocenters. The van der Waals surface area contributed by atoms with Gasteiger partial charge in [-0.1, -0.05) is 0 Å². The number of rotatable bonds is 2. The van der Waals surface area contributed by atoms with Crippen LogP contribution in [0, 0.1) is 0 Å². The first-order chi connectivity index (χ1) is 6.36. The van der Waals surface area contributed by atoms with Gasteiger partial charge in [0.05, 0.1) is 5.69 Å². The molecule has 13 heavy (non-hydrogen) atoms. The summed E-state index contributed by atoms with van der Waals surface area (Å²) in [6, 6.07) is 3.63. The van der Waals surface area contributed by atoms with Crippen molar-refractivity contribution in [2.45, 2.75) is 31.8 Å². The van der Waals surface area contributed by atoms with E-state index in [1.165, 1.54) is 12.8 Å². The Morgan fingerprint density at radius 2 is 2.15 bits per heavy atom. The standard InChI is InChI=1S/C10H14N2O/c11-9-6-3-7-12-10(9)13-8-4-1-2-5-8/h3,6-8H,1-2,4-5,11H2. The van der Waals surface area contributed by atoms with Crippen LogP contribution < -0.4 is 10.5 Å². The number of nitrogen functional groups attached to an aromatic ring is 1. The van der Waals surface area contributed by atoms with Crippen molar-refractivity contribution in [2.75, 3.05) is 5.73 Å². The van der Waals surface area contributed by atoms with Crippen molar-refractivity contribution in [3.05, 3.63) is 18.3 Å². The highest BCUT2D eigenvalue weighted by atomic mass is 16.5. The van der Waals surface area contributed by atoms with Crippen LogP contribution in [0.15, 0.2) is 18.3 Å². The molecule has 0 aliphatic heterocycles. The first-order valence-electron chi connectivity index (χ1n) is 4.73. The monoisotopic (exact) mass is 178 g/mol. The van der Waals surface area contributed by atoms with Crippen molar-refractivity contribution in [3.8, 4) is 5.88 Å². The SMILES string of the molecule is Nc1cccnc1OC1CCCC1. The number of anilines is 1. The van der Waals surface area contributed by atoms with Gasteiger partial charge in [-0.3, -0.25) is 0 Å². The Kier molecular flexibility index (Phi) is 2.34. The minimum Gasteiger partial charge on any atom is -0.473 e. The molecule has 0 radical (unpaired) electrons. The molecular weight excluding hydrogens is 164 g/mol. The largest absolute Gasteiger partial charge is 0.473 e. The fourth-order valence-electron chi connectivity index (χ4n) is 1.67. The Hall–Kier alpha value is -1.25. The molecule has 3 nitrogen and oxygen atoms in total. The molecule has 3 heteroatoms. The molecule has 1 heterocycles. The zero-order chi connectivity index (χ0) is 9.10. The molecule has 1 aromatic rings. The summed E-state index contributed by atoms with van der Waals surface area (Å²) in [4.78, 5) is 4.09. The summed E-state index contributed by atoms with van der Waals surface area (Å²) in [6.07, 6.45) is 6.83. The van der Waals surface area contributed by atoms with Gasteiger partial charge >= 0.3 is 0 Å². The van der Waals surface area contributed by atoms with Gasteiger partial charge in [-0.2, -0.15) is 0 Å². The third-order valence-corrected chi connectivity index (χ3v) is 2.38. The molecule has 0 aromatic carbocycles. The van der Waals surface area contributed by atoms with E-state index in [2.05, 4.69) is 4.98 Å². The Morgan fingerprint density at radius 1 is 1.38 bits per heavy atom. The van der Waals surface area contributed by atoms with Crippen LogP contribution in [-0.2, 0) is 0 Å². The van der Waals surface area contributed by atoms with E-state index in [4.69, 9.17) is 10.5 Å². The van der Waals surface area contributed by atoms with Crippen molar-refractivity contribution in [2.24, 2.45) is 0 Å². The highest BCUT2D eigenvalue weighted by Gasteiger charge is 2.17. The number of hydrogen-bond donors (Lipinski definition) is 1. The van der Waals surface area contributed by atoms with Crippen LogP contribution in [-0.4, -0.2) is 11.1 Å². The molecule has 0 atom stereocenters. The Morgan fingerprint density at radius 3 is 2.85 bits per heavy atom. The fraction of sp³-hybridized carbons (Fsp3) is 0.500. The quantitative estimate of drug-likeness (QED) is 0.753. The number of aromatic nitrogens is 1. The molecule has 1 aliphatic rings. The lowest BCUT2D eigenvalue weighted by Gasteiger charge is -2.12. The van der Waals surface area contributed by atoms with E-state index in [0.29, 0.717) is 17.7 Å². The predicted octanol–water partition coefficient (Wildman–Crippen LogP) is 1.99. The molecule has 2 rings (SSSR count). The highest BCUT2D eigenvalue weighted by molar-refractivity contribution is 5.46. The fourth-order valence-corrected chi connectivity index (χ4v) is 1.67. The topological polar surface area (TPSA) is 48.1 Å². The minimum atomic E-state index is 0.331. The number of nitrogens with zero attached hydrogens (tertiary/aromatic N) is 1. The average Bonchev–Trinajstić information content (AvgIpc) is 2.61. The normalized spacial score (nSPS) is 17.5. The number of pyridine rings is 1. The van der Waals surface area contributed by atoms with Crippen LogP contribution in [0.25, 0.3) is 0 Å². The van der Waals surface area contributed by atoms with Crippen LogP contribution in [0.1, 0.15) is 25.7 Å². The molecule has 0 spiro atoms. The summed E-state index contributed by atoms with van der Waals surface area (Å²) in [5, 5.41) is 0. The van der Waals surface area contributed by atoms with Crippen LogP contribution in [0.2, 0.25) is 0 Å². The average molecular weight is 178 g/mol. The van der Waals surface area contributed by atoms with Gasteiger partial charge in [-0.15, -0.1) is 0 Å². The number of hydrogen-bond acceptors (Lipinski definition) is 3. The van der Waals surface area contributed by atoms with Crippen molar-refractivity contribution in [1.82, 2.24) is 4.98 Å². The van der Waals surface area contributed by atoms with Crippen molar-refractivity contribution >= 4 is 5.69 Å². The zero-order valence-electron chi connectivity index (χ0n) is 7.57. The second-order valence-electron chi connectivity index (χ2n) is 3.42. The summed E-state index contributed by atoms with van der Waals surface area (Å²) in [6.45, 7) is 0. The van der Waals surface area contributed by atoms with Crippen molar-refractivity contribution in [3.63, 3.8) is 0 Å². The first kappa shape index (κ1) is 8.35. The van der Waals surface area contributed by atoms with E-state index in [1.807, 2.05) is 12.1 Å². The van der Waals surface area contributed by atoms with Gasteiger partial charge in [0.15, 0.2) is 0 Å². The molecular formula is C10H14N2O. The maximum absolute atomic E-state index is 5.71. The van der Waals surface area contributed by atoms with Crippen molar-refractivity contribution < 1.29 is 4.74 Å². The number of nitrogens with two attached hydrogens (primary N) is 1. The number of ether oxygens (including phenoxy) is 1. The van der Waals surface area contributed by atoms with Gasteiger partial charge in [0.2, 0.25) is 5.88 Å². The molecule has 70 valence electrons. The molecule has 0 saturated heterocycles. The summed E-state index contributed by atoms with van der Waals surface area (Å²) >= 11 is 0. The van der Waals surface area contributed by atoms with Gasteiger partial charge in [0.25, 0.3) is 0 Å². The molecule has 1 saturated carbocycles. The lowest BCUT2D eigenvalue weighted by atomic mass is 10.3. The van der Waals surface area contributed by atoms with Crippen LogP contribution >= 0.6 is 0 Å². The van der Waals surface area contributed by atoms with Crippen LogP contribution in [0.4, 0.5) is 5.69 Å². The Bertz CT molecular complexity index is 282. The predicted molar refractivity (Wildman–Crippen MR) is 51.5 cm³/mol. The molecule has 2 N–H and O–H groups in total. The van der Waals surface area contributed by atoms with Crippen LogP contribution in [0.5, 0.6) is 5.88 Å². The van der Waals surface area contributed by atoms with Gasteiger partial charge in [-0.25, -0.2) is 4.98 Å². The van der Waals surface area contributed by atoms with E-state index in [0.717, 1.165) is 12.8 Å². The summed E-state index contributed by atoms with van der Waals surface area (Å²) < 4.78 is 5.67. The second kappa shape index (κ2) is 3.64. The van der Waals surface area contributed by atoms with E-state index >= 15 is 0 Å². The smallest absolute Gasteiger partial charge is 0.237 e. The highest BCUT2D eigenvalue weighted by Crippen LogP contribution is 2.25. The first-order valence-corrected chi connectivity index (χ1v) is 4.73. The lowest BCUT2D eigenvalue weighted by molar-refractivity contribution is 0.203. The Labute approximate surface area is 77.9 Å². The summed E-state index contributed by atoms with van der Waals surface area (Å²) in [5.74, 6) is 0.592. The van der Waals surface area contributed by atoms with E-state index in [1.54, 1.807) is 6.20 Å². The molecule has 0 amide bonds. The maximum atomic E-state index is 5.71. The van der Waals surface area contributed by atoms with Gasteiger partial charge in [0, 0.05) is 6.20 Å². The molecule has 1 fully saturated rings. The van der Waals surface area contributed by atoms with Gasteiger partial charge < -0.3 is 10.5 Å². The summed E-state index contributed by atoms with van der Waals surface area (Å²) in [7, 11) is 0. The second-order valence-corrected chi connectivity index (χ2v) is 3.42. The molecule has 1 aliphatic carbocycles. The van der Waals surface area contributed by atoms with Gasteiger partial charge in [-0.05, 0) is 37.8 Å². The Balaban J connectivity index is 2.04. The summed E-state index contributed by atoms with van der Waals surface area (Å²) in [5.41, 5.74) is 6.34. The van der Waals surface area contributed by atoms with Gasteiger partial charge in [0.1, 0.15) is 6.10 Å². The van der Waals surface area contributed by atoms with E-state index in [9.17, 15) is 0 Å².